The van der Waals surface area contributed by atoms with Crippen molar-refractivity contribution < 1.29 is 38.1 Å². The normalized spacial score (nSPS) is 24.2. The minimum absolute atomic E-state index is 0.0915. The van der Waals surface area contributed by atoms with E-state index >= 15 is 0 Å². The van der Waals surface area contributed by atoms with E-state index in [0.717, 1.165) is 16.0 Å². The highest BCUT2D eigenvalue weighted by Crippen LogP contribution is 2.38. The van der Waals surface area contributed by atoms with Crippen LogP contribution in [0.25, 0.3) is 0 Å². The average Bonchev–Trinajstić information content (AvgIpc) is 3.09. The van der Waals surface area contributed by atoms with Crippen LogP contribution in [0.1, 0.15) is 45.1 Å². The van der Waals surface area contributed by atoms with E-state index in [2.05, 4.69) is 0 Å². The Kier molecular flexibility index (Phi) is 9.42. The van der Waals surface area contributed by atoms with Gasteiger partial charge in [0.05, 0.1) is 18.8 Å². The maximum absolute atomic E-state index is 14.0. The summed E-state index contributed by atoms with van der Waals surface area (Å²) in [5.74, 6) is -1.80. The van der Waals surface area contributed by atoms with Gasteiger partial charge in [0.1, 0.15) is 18.2 Å². The van der Waals surface area contributed by atoms with Gasteiger partial charge in [-0.3, -0.25) is 14.5 Å². The Morgan fingerprint density at radius 1 is 0.756 bits per heavy atom. The third-order valence-corrected chi connectivity index (χ3v) is 7.77. The molecule has 0 radical (unpaired) electrons. The van der Waals surface area contributed by atoms with Crippen LogP contribution in [0.4, 0.5) is 0 Å². The molecule has 45 heavy (non-hydrogen) atoms. The van der Waals surface area contributed by atoms with E-state index in [9.17, 15) is 14.4 Å². The highest BCUT2D eigenvalue weighted by molar-refractivity contribution is 6.04. The molecule has 230 valence electrons. The summed E-state index contributed by atoms with van der Waals surface area (Å²) in [6.07, 6.45) is -4.81. The highest BCUT2D eigenvalue weighted by atomic mass is 16.8. The molecule has 2 saturated heterocycles. The lowest BCUT2D eigenvalue weighted by atomic mass is 9.93. The topological polar surface area (TPSA) is 101 Å². The first-order valence-corrected chi connectivity index (χ1v) is 14.8. The number of esters is 1. The van der Waals surface area contributed by atoms with E-state index < -0.39 is 54.7 Å². The summed E-state index contributed by atoms with van der Waals surface area (Å²) in [6, 6.07) is 34.5. The van der Waals surface area contributed by atoms with Gasteiger partial charge in [-0.15, -0.1) is 0 Å². The van der Waals surface area contributed by atoms with Gasteiger partial charge in [0, 0.05) is 18.1 Å². The van der Waals surface area contributed by atoms with Gasteiger partial charge < -0.3 is 23.7 Å². The third kappa shape index (κ3) is 6.87. The first-order valence-electron chi connectivity index (χ1n) is 14.8. The van der Waals surface area contributed by atoms with Crippen LogP contribution in [0, 0.1) is 0 Å². The van der Waals surface area contributed by atoms with Crippen molar-refractivity contribution in [3.05, 3.63) is 144 Å². The number of nitrogens with zero attached hydrogens (tertiary/aromatic N) is 1. The summed E-state index contributed by atoms with van der Waals surface area (Å²) in [7, 11) is 0. The van der Waals surface area contributed by atoms with Crippen molar-refractivity contribution in [3.63, 3.8) is 0 Å². The van der Waals surface area contributed by atoms with Gasteiger partial charge in [-0.1, -0.05) is 97.1 Å². The molecule has 0 N–H and O–H groups in total. The van der Waals surface area contributed by atoms with E-state index in [0.29, 0.717) is 5.56 Å². The molecule has 6 atom stereocenters. The number of ether oxygens (including phenoxy) is 5. The van der Waals surface area contributed by atoms with Gasteiger partial charge in [0.15, 0.2) is 18.7 Å². The largest absolute Gasteiger partial charge is 0.453 e. The van der Waals surface area contributed by atoms with Crippen LogP contribution in [-0.4, -0.2) is 59.9 Å². The highest BCUT2D eigenvalue weighted by Gasteiger charge is 2.56. The molecule has 2 aliphatic rings. The maximum atomic E-state index is 14.0. The predicted octanol–water partition coefficient (Wildman–Crippen LogP) is 5.33. The third-order valence-electron chi connectivity index (χ3n) is 7.77. The molecule has 0 saturated carbocycles. The van der Waals surface area contributed by atoms with Crippen molar-refractivity contribution in [1.82, 2.24) is 4.90 Å². The second-order valence-corrected chi connectivity index (χ2v) is 10.8. The Hall–Kier alpha value is -4.67. The summed E-state index contributed by atoms with van der Waals surface area (Å²) in [4.78, 5) is 42.1. The fourth-order valence-corrected chi connectivity index (χ4v) is 5.61. The summed E-state index contributed by atoms with van der Waals surface area (Å²) in [5.41, 5.74) is 2.19. The first kappa shape index (κ1) is 30.4. The second kappa shape index (κ2) is 14.0. The molecule has 1 unspecified atom stereocenters. The number of benzene rings is 4. The standard InChI is InChI=1S/C36H33NO8/c1-24(38)37(33(39)26-16-8-3-9-17-26)30-32(44-34(40)27-18-10-4-11-19-27)31-29(23-42-35(45-31)28-20-12-5-13-21-28)43-36(30)41-22-25-14-6-2-7-15-25/h2-21,29-32,35-36H,22-23H2,1H3/t29-,30-,31-,32-,35?,36+/m1/s1. The van der Waals surface area contributed by atoms with Gasteiger partial charge in [-0.05, 0) is 29.8 Å². The molecule has 0 bridgehead atoms. The second-order valence-electron chi connectivity index (χ2n) is 10.8. The Morgan fingerprint density at radius 3 is 1.96 bits per heavy atom. The number of hydrogen-bond donors (Lipinski definition) is 0. The summed E-state index contributed by atoms with van der Waals surface area (Å²) < 4.78 is 31.5. The fourth-order valence-electron chi connectivity index (χ4n) is 5.61. The molecule has 9 heteroatoms. The van der Waals surface area contributed by atoms with Crippen LogP contribution in [0.15, 0.2) is 121 Å². The van der Waals surface area contributed by atoms with E-state index in [1.807, 2.05) is 60.7 Å². The molecule has 9 nitrogen and oxygen atoms in total. The van der Waals surface area contributed by atoms with Gasteiger partial charge >= 0.3 is 5.97 Å². The SMILES string of the molecule is CC(=O)N(C(=O)c1ccccc1)[C@H]1[C@@H](OCc2ccccc2)O[C@@H]2COC(c3ccccc3)O[C@H]2[C@@H]1OC(=O)c1ccccc1. The molecule has 2 fully saturated rings. The van der Waals surface area contributed by atoms with Crippen LogP contribution in [-0.2, 0) is 35.1 Å². The lowest BCUT2D eigenvalue weighted by Crippen LogP contribution is -2.69. The molecular formula is C36H33NO8. The van der Waals surface area contributed by atoms with Gasteiger partial charge in [0.2, 0.25) is 5.91 Å². The minimum Gasteiger partial charge on any atom is -0.453 e. The van der Waals surface area contributed by atoms with E-state index in [-0.39, 0.29) is 18.8 Å². The van der Waals surface area contributed by atoms with Crippen molar-refractivity contribution in [2.24, 2.45) is 0 Å². The molecular weight excluding hydrogens is 574 g/mol. The van der Waals surface area contributed by atoms with Gasteiger partial charge in [-0.2, -0.15) is 0 Å². The quantitative estimate of drug-likeness (QED) is 0.248. The monoisotopic (exact) mass is 607 g/mol. The smallest absolute Gasteiger partial charge is 0.338 e. The zero-order valence-corrected chi connectivity index (χ0v) is 24.6. The molecule has 4 aromatic carbocycles. The summed E-state index contributed by atoms with van der Waals surface area (Å²) in [6.45, 7) is 1.49. The first-order chi connectivity index (χ1) is 22.0. The molecule has 0 aliphatic carbocycles. The number of amides is 2. The molecule has 0 aromatic heterocycles. The maximum Gasteiger partial charge on any atom is 0.338 e. The van der Waals surface area contributed by atoms with Crippen molar-refractivity contribution in [2.45, 2.75) is 50.5 Å². The van der Waals surface area contributed by atoms with Crippen LogP contribution in [0.5, 0.6) is 0 Å². The average molecular weight is 608 g/mol. The number of carbonyl (C=O) groups excluding carboxylic acids is 3. The summed E-state index contributed by atoms with van der Waals surface area (Å²) in [5, 5.41) is 0. The zero-order chi connectivity index (χ0) is 31.2. The molecule has 2 amide bonds. The van der Waals surface area contributed by atoms with Crippen molar-refractivity contribution in [2.75, 3.05) is 6.61 Å². The number of imide groups is 1. The van der Waals surface area contributed by atoms with Crippen LogP contribution >= 0.6 is 0 Å². The number of rotatable bonds is 8. The molecule has 4 aromatic rings. The number of fused-ring (bicyclic) bond motifs is 1. The summed E-state index contributed by atoms with van der Waals surface area (Å²) >= 11 is 0. The van der Waals surface area contributed by atoms with Crippen LogP contribution in [0.3, 0.4) is 0 Å². The lowest BCUT2D eigenvalue weighted by molar-refractivity contribution is -0.350. The van der Waals surface area contributed by atoms with Crippen LogP contribution < -0.4 is 0 Å². The number of carbonyl (C=O) groups is 3. The minimum atomic E-state index is -1.21. The van der Waals surface area contributed by atoms with E-state index in [1.165, 1.54) is 6.92 Å². The molecule has 0 spiro atoms. The van der Waals surface area contributed by atoms with Gasteiger partial charge in [-0.25, -0.2) is 4.79 Å². The number of hydrogen-bond acceptors (Lipinski definition) is 8. The lowest BCUT2D eigenvalue weighted by Gasteiger charge is -2.50. The fraction of sp³-hybridized carbons (Fsp3) is 0.250. The van der Waals surface area contributed by atoms with Crippen molar-refractivity contribution in [3.8, 4) is 0 Å². The van der Waals surface area contributed by atoms with Crippen LogP contribution in [0.2, 0.25) is 0 Å². The Balaban J connectivity index is 1.42. The molecule has 6 rings (SSSR count). The van der Waals surface area contributed by atoms with Gasteiger partial charge in [0.25, 0.3) is 5.91 Å². The van der Waals surface area contributed by atoms with E-state index in [1.54, 1.807) is 60.7 Å². The Labute approximate surface area is 261 Å². The molecule has 2 aliphatic heterocycles. The van der Waals surface area contributed by atoms with Crippen molar-refractivity contribution >= 4 is 17.8 Å². The predicted molar refractivity (Wildman–Crippen MR) is 163 cm³/mol. The Morgan fingerprint density at radius 2 is 1.33 bits per heavy atom. The van der Waals surface area contributed by atoms with Crippen molar-refractivity contribution in [1.29, 1.82) is 0 Å². The molecule has 2 heterocycles. The zero-order valence-electron chi connectivity index (χ0n) is 24.6. The Bertz CT molecular complexity index is 1580. The van der Waals surface area contributed by atoms with E-state index in [4.69, 9.17) is 23.7 Å².